The van der Waals surface area contributed by atoms with Gasteiger partial charge in [0.15, 0.2) is 0 Å². The Kier molecular flexibility index (Phi) is 4.21. The number of hydrogen-bond donors (Lipinski definition) is 2. The first-order valence-electron chi connectivity index (χ1n) is 6.74. The first-order valence-corrected chi connectivity index (χ1v) is 6.74. The van der Waals surface area contributed by atoms with Gasteiger partial charge in [-0.3, -0.25) is 5.84 Å². The van der Waals surface area contributed by atoms with Crippen LogP contribution in [0.25, 0.3) is 0 Å². The third-order valence-corrected chi connectivity index (χ3v) is 3.80. The van der Waals surface area contributed by atoms with Crippen LogP contribution in [0, 0.1) is 33.5 Å². The van der Waals surface area contributed by atoms with Gasteiger partial charge in [-0.1, -0.05) is 24.3 Å². The highest BCUT2D eigenvalue weighted by atomic mass is 19.1. The van der Waals surface area contributed by atoms with Crippen LogP contribution in [-0.2, 0) is 0 Å². The van der Waals surface area contributed by atoms with E-state index < -0.39 is 0 Å². The number of nitrogens with one attached hydrogen (secondary N) is 1. The highest BCUT2D eigenvalue weighted by Gasteiger charge is 2.19. The molecule has 0 amide bonds. The predicted octanol–water partition coefficient (Wildman–Crippen LogP) is 3.61. The molecule has 3 N–H and O–H groups in total. The van der Waals surface area contributed by atoms with Gasteiger partial charge < -0.3 is 0 Å². The molecule has 0 bridgehead atoms. The molecule has 0 saturated heterocycles. The number of benzene rings is 2. The van der Waals surface area contributed by atoms with Gasteiger partial charge in [0.2, 0.25) is 0 Å². The minimum absolute atomic E-state index is 0.219. The number of nitrogens with two attached hydrogens (primary N) is 1. The molecule has 2 aromatic carbocycles. The number of hydrogen-bond acceptors (Lipinski definition) is 2. The van der Waals surface area contributed by atoms with Gasteiger partial charge in [0.05, 0.1) is 6.04 Å². The smallest absolute Gasteiger partial charge is 0.128 e. The van der Waals surface area contributed by atoms with E-state index in [1.807, 2.05) is 39.0 Å². The third kappa shape index (κ3) is 2.74. The zero-order valence-electron chi connectivity index (χ0n) is 12.4. The molecule has 2 aromatic rings. The SMILES string of the molecule is Cc1cc(C)c(C(NN)c2ccc(C)c(C)c2)c(F)c1. The summed E-state index contributed by atoms with van der Waals surface area (Å²) in [7, 11) is 0. The van der Waals surface area contributed by atoms with Crippen molar-refractivity contribution in [3.63, 3.8) is 0 Å². The summed E-state index contributed by atoms with van der Waals surface area (Å²) in [5.74, 6) is 5.47. The molecule has 0 fully saturated rings. The summed E-state index contributed by atoms with van der Waals surface area (Å²) in [6, 6.07) is 9.27. The molecule has 106 valence electrons. The van der Waals surface area contributed by atoms with Crippen LogP contribution < -0.4 is 11.3 Å². The Morgan fingerprint density at radius 1 is 0.950 bits per heavy atom. The van der Waals surface area contributed by atoms with Crippen LogP contribution in [0.4, 0.5) is 4.39 Å². The van der Waals surface area contributed by atoms with Crippen molar-refractivity contribution in [3.05, 3.63) is 69.5 Å². The molecule has 0 aliphatic carbocycles. The Morgan fingerprint density at radius 3 is 2.20 bits per heavy atom. The van der Waals surface area contributed by atoms with Gasteiger partial charge in [0, 0.05) is 5.56 Å². The molecular formula is C17H21FN2. The maximum Gasteiger partial charge on any atom is 0.128 e. The first kappa shape index (κ1) is 14.7. The van der Waals surface area contributed by atoms with Gasteiger partial charge in [-0.05, 0) is 61.6 Å². The molecule has 0 aliphatic heterocycles. The minimum atomic E-state index is -0.338. The fraction of sp³-hybridized carbons (Fsp3) is 0.294. The van der Waals surface area contributed by atoms with Crippen molar-refractivity contribution in [2.75, 3.05) is 0 Å². The average molecular weight is 272 g/mol. The molecule has 20 heavy (non-hydrogen) atoms. The fourth-order valence-corrected chi connectivity index (χ4v) is 2.58. The summed E-state index contributed by atoms with van der Waals surface area (Å²) in [5.41, 5.74) is 8.54. The van der Waals surface area contributed by atoms with Crippen LogP contribution in [-0.4, -0.2) is 0 Å². The van der Waals surface area contributed by atoms with E-state index in [1.165, 1.54) is 11.1 Å². The molecule has 2 nitrogen and oxygen atoms in total. The van der Waals surface area contributed by atoms with E-state index in [0.29, 0.717) is 5.56 Å². The zero-order chi connectivity index (χ0) is 14.9. The Morgan fingerprint density at radius 2 is 1.65 bits per heavy atom. The van der Waals surface area contributed by atoms with Crippen molar-refractivity contribution >= 4 is 0 Å². The van der Waals surface area contributed by atoms with E-state index in [1.54, 1.807) is 6.07 Å². The van der Waals surface area contributed by atoms with Crippen LogP contribution in [0.15, 0.2) is 30.3 Å². The highest BCUT2D eigenvalue weighted by Crippen LogP contribution is 2.28. The summed E-state index contributed by atoms with van der Waals surface area (Å²) in [5, 5.41) is 0. The summed E-state index contributed by atoms with van der Waals surface area (Å²) >= 11 is 0. The maximum atomic E-state index is 14.3. The Labute approximate surface area is 119 Å². The fourth-order valence-electron chi connectivity index (χ4n) is 2.58. The lowest BCUT2D eigenvalue weighted by molar-refractivity contribution is 0.556. The van der Waals surface area contributed by atoms with Crippen LogP contribution in [0.3, 0.4) is 0 Å². The van der Waals surface area contributed by atoms with Gasteiger partial charge in [-0.25, -0.2) is 9.82 Å². The largest absolute Gasteiger partial charge is 0.271 e. The van der Waals surface area contributed by atoms with Crippen molar-refractivity contribution in [2.45, 2.75) is 33.7 Å². The van der Waals surface area contributed by atoms with Gasteiger partial charge in [-0.2, -0.15) is 0 Å². The molecule has 0 aromatic heterocycles. The third-order valence-electron chi connectivity index (χ3n) is 3.80. The van der Waals surface area contributed by atoms with Crippen molar-refractivity contribution in [1.82, 2.24) is 5.43 Å². The number of hydrazine groups is 1. The molecule has 0 radical (unpaired) electrons. The second kappa shape index (κ2) is 5.73. The summed E-state index contributed by atoms with van der Waals surface area (Å²) < 4.78 is 14.3. The van der Waals surface area contributed by atoms with E-state index >= 15 is 0 Å². The lowest BCUT2D eigenvalue weighted by atomic mass is 9.92. The van der Waals surface area contributed by atoms with Crippen molar-refractivity contribution < 1.29 is 4.39 Å². The van der Waals surface area contributed by atoms with Crippen molar-refractivity contribution in [2.24, 2.45) is 5.84 Å². The van der Waals surface area contributed by atoms with Gasteiger partial charge in [0.1, 0.15) is 5.82 Å². The van der Waals surface area contributed by atoms with Crippen LogP contribution in [0.1, 0.15) is 39.4 Å². The first-order chi connectivity index (χ1) is 9.43. The quantitative estimate of drug-likeness (QED) is 0.661. The number of halogens is 1. The second-order valence-corrected chi connectivity index (χ2v) is 5.42. The molecule has 1 atom stereocenters. The minimum Gasteiger partial charge on any atom is -0.271 e. The molecular weight excluding hydrogens is 251 g/mol. The molecule has 0 saturated carbocycles. The van der Waals surface area contributed by atoms with E-state index in [2.05, 4.69) is 18.4 Å². The Balaban J connectivity index is 2.55. The normalized spacial score (nSPS) is 12.5. The van der Waals surface area contributed by atoms with Crippen LogP contribution in [0.2, 0.25) is 0 Å². The molecule has 2 rings (SSSR count). The number of rotatable bonds is 3. The molecule has 1 unspecified atom stereocenters. The van der Waals surface area contributed by atoms with E-state index in [-0.39, 0.29) is 11.9 Å². The number of aryl methyl sites for hydroxylation is 4. The Hall–Kier alpha value is -1.71. The monoisotopic (exact) mass is 272 g/mol. The van der Waals surface area contributed by atoms with Gasteiger partial charge in [-0.15, -0.1) is 0 Å². The van der Waals surface area contributed by atoms with Gasteiger partial charge in [0.25, 0.3) is 0 Å². The van der Waals surface area contributed by atoms with E-state index in [0.717, 1.165) is 16.7 Å². The summed E-state index contributed by atoms with van der Waals surface area (Å²) in [6.07, 6.45) is 0. The van der Waals surface area contributed by atoms with E-state index in [9.17, 15) is 4.39 Å². The van der Waals surface area contributed by atoms with Gasteiger partial charge >= 0.3 is 0 Å². The maximum absolute atomic E-state index is 14.3. The lowest BCUT2D eigenvalue weighted by Gasteiger charge is -2.21. The molecule has 0 aliphatic rings. The summed E-state index contributed by atoms with van der Waals surface area (Å²) in [6.45, 7) is 7.91. The standard InChI is InChI=1S/C17H21FN2/c1-10-7-13(4)16(15(18)8-10)17(20-19)14-6-5-11(2)12(3)9-14/h5-9,17,20H,19H2,1-4H3. The molecule has 0 heterocycles. The second-order valence-electron chi connectivity index (χ2n) is 5.42. The van der Waals surface area contributed by atoms with Crippen molar-refractivity contribution in [3.8, 4) is 0 Å². The van der Waals surface area contributed by atoms with Crippen LogP contribution in [0.5, 0.6) is 0 Å². The molecule has 0 spiro atoms. The van der Waals surface area contributed by atoms with Crippen LogP contribution >= 0.6 is 0 Å². The topological polar surface area (TPSA) is 38.0 Å². The van der Waals surface area contributed by atoms with Crippen molar-refractivity contribution in [1.29, 1.82) is 0 Å². The predicted molar refractivity (Wildman–Crippen MR) is 81.0 cm³/mol. The Bertz CT molecular complexity index is 612. The highest BCUT2D eigenvalue weighted by molar-refractivity contribution is 5.42. The zero-order valence-corrected chi connectivity index (χ0v) is 12.4. The lowest BCUT2D eigenvalue weighted by Crippen LogP contribution is -2.30. The summed E-state index contributed by atoms with van der Waals surface area (Å²) in [4.78, 5) is 0. The van der Waals surface area contributed by atoms with E-state index in [4.69, 9.17) is 5.84 Å². The molecule has 3 heteroatoms. The average Bonchev–Trinajstić information content (AvgIpc) is 2.37.